The largest absolute Gasteiger partial charge is 0.348 e. The van der Waals surface area contributed by atoms with Gasteiger partial charge in [0.25, 0.3) is 0 Å². The van der Waals surface area contributed by atoms with Crippen LogP contribution < -0.4 is 0 Å². The second-order valence-electron chi connectivity index (χ2n) is 3.48. The molecule has 1 saturated heterocycles. The summed E-state index contributed by atoms with van der Waals surface area (Å²) in [5.41, 5.74) is 0. The average Bonchev–Trinajstić information content (AvgIpc) is 2.49. The minimum absolute atomic E-state index is 0.106. The summed E-state index contributed by atoms with van der Waals surface area (Å²) in [5, 5.41) is 0. The quantitative estimate of drug-likeness (QED) is 0.601. The molecule has 0 amide bonds. The Labute approximate surface area is 73.0 Å². The summed E-state index contributed by atoms with van der Waals surface area (Å²) in [6.07, 6.45) is 2.60. The molecule has 1 heterocycles. The molecule has 0 saturated carbocycles. The third-order valence-electron chi connectivity index (χ3n) is 2.18. The van der Waals surface area contributed by atoms with Crippen LogP contribution >= 0.6 is 0 Å². The number of hydrogen-bond donors (Lipinski definition) is 0. The number of carbonyl (C=O) groups is 1. The highest BCUT2D eigenvalue weighted by Crippen LogP contribution is 2.25. The number of carbonyl (C=O) groups excluding carboxylic acids is 1. The minimum Gasteiger partial charge on any atom is -0.348 e. The molecule has 0 N–H and O–H groups in total. The van der Waals surface area contributed by atoms with Gasteiger partial charge in [0.15, 0.2) is 5.79 Å². The SMILES string of the molecule is CC(C=O)CCC1(C)OCCO1. The zero-order valence-corrected chi connectivity index (χ0v) is 7.71. The Morgan fingerprint density at radius 2 is 2.08 bits per heavy atom. The van der Waals surface area contributed by atoms with Crippen molar-refractivity contribution in [3.63, 3.8) is 0 Å². The van der Waals surface area contributed by atoms with Gasteiger partial charge in [0.2, 0.25) is 0 Å². The Morgan fingerprint density at radius 3 is 2.58 bits per heavy atom. The minimum atomic E-state index is -0.433. The molecule has 1 aliphatic heterocycles. The van der Waals surface area contributed by atoms with E-state index in [1.165, 1.54) is 0 Å². The van der Waals surface area contributed by atoms with E-state index >= 15 is 0 Å². The Balaban J connectivity index is 2.25. The molecule has 0 spiro atoms. The topological polar surface area (TPSA) is 35.5 Å². The van der Waals surface area contributed by atoms with Crippen LogP contribution in [0.5, 0.6) is 0 Å². The lowest BCUT2D eigenvalue weighted by Gasteiger charge is -2.22. The molecule has 3 nitrogen and oxygen atoms in total. The van der Waals surface area contributed by atoms with E-state index in [4.69, 9.17) is 9.47 Å². The van der Waals surface area contributed by atoms with Crippen LogP contribution in [0.2, 0.25) is 0 Å². The van der Waals surface area contributed by atoms with Crippen LogP contribution in [0.15, 0.2) is 0 Å². The monoisotopic (exact) mass is 172 g/mol. The van der Waals surface area contributed by atoms with Crippen molar-refractivity contribution in [1.82, 2.24) is 0 Å². The average molecular weight is 172 g/mol. The molecule has 0 aromatic heterocycles. The summed E-state index contributed by atoms with van der Waals surface area (Å²) < 4.78 is 10.8. The van der Waals surface area contributed by atoms with Gasteiger partial charge in [0, 0.05) is 12.3 Å². The Hall–Kier alpha value is -0.410. The van der Waals surface area contributed by atoms with E-state index in [-0.39, 0.29) is 5.92 Å². The fourth-order valence-corrected chi connectivity index (χ4v) is 1.26. The Kier molecular flexibility index (Phi) is 3.23. The Morgan fingerprint density at radius 1 is 1.50 bits per heavy atom. The van der Waals surface area contributed by atoms with Gasteiger partial charge in [0.1, 0.15) is 6.29 Å². The number of rotatable bonds is 4. The van der Waals surface area contributed by atoms with Gasteiger partial charge >= 0.3 is 0 Å². The standard InChI is InChI=1S/C9H16O3/c1-8(7-10)3-4-9(2)11-5-6-12-9/h7-8H,3-6H2,1-2H3. The van der Waals surface area contributed by atoms with E-state index in [0.717, 1.165) is 19.1 Å². The summed E-state index contributed by atoms with van der Waals surface area (Å²) in [6.45, 7) is 5.18. The summed E-state index contributed by atoms with van der Waals surface area (Å²) in [4.78, 5) is 10.3. The van der Waals surface area contributed by atoms with Crippen molar-refractivity contribution >= 4 is 6.29 Å². The van der Waals surface area contributed by atoms with Gasteiger partial charge in [-0.3, -0.25) is 0 Å². The van der Waals surface area contributed by atoms with E-state index in [9.17, 15) is 4.79 Å². The first-order valence-electron chi connectivity index (χ1n) is 4.39. The zero-order chi connectivity index (χ0) is 9.03. The molecule has 1 rings (SSSR count). The molecule has 1 fully saturated rings. The molecule has 0 bridgehead atoms. The van der Waals surface area contributed by atoms with Crippen LogP contribution in [-0.2, 0) is 14.3 Å². The van der Waals surface area contributed by atoms with Crippen molar-refractivity contribution < 1.29 is 14.3 Å². The molecule has 1 aliphatic rings. The number of hydrogen-bond acceptors (Lipinski definition) is 3. The summed E-state index contributed by atoms with van der Waals surface area (Å²) >= 11 is 0. The molecule has 0 aromatic carbocycles. The normalized spacial score (nSPS) is 23.8. The van der Waals surface area contributed by atoms with Crippen molar-refractivity contribution in [1.29, 1.82) is 0 Å². The number of aldehydes is 1. The molecular formula is C9H16O3. The molecule has 0 radical (unpaired) electrons. The van der Waals surface area contributed by atoms with Gasteiger partial charge in [-0.1, -0.05) is 6.92 Å². The fraction of sp³-hybridized carbons (Fsp3) is 0.889. The van der Waals surface area contributed by atoms with Gasteiger partial charge in [-0.2, -0.15) is 0 Å². The summed E-state index contributed by atoms with van der Waals surface area (Å²) in [5.74, 6) is -0.327. The maximum atomic E-state index is 10.3. The maximum absolute atomic E-state index is 10.3. The summed E-state index contributed by atoms with van der Waals surface area (Å²) in [7, 11) is 0. The van der Waals surface area contributed by atoms with Crippen molar-refractivity contribution in [3.8, 4) is 0 Å². The molecule has 0 aliphatic carbocycles. The molecular weight excluding hydrogens is 156 g/mol. The lowest BCUT2D eigenvalue weighted by molar-refractivity contribution is -0.149. The molecule has 70 valence electrons. The fourth-order valence-electron chi connectivity index (χ4n) is 1.26. The highest BCUT2D eigenvalue weighted by atomic mass is 16.7. The molecule has 3 heteroatoms. The molecule has 0 aromatic rings. The second-order valence-corrected chi connectivity index (χ2v) is 3.48. The van der Waals surface area contributed by atoms with E-state index in [1.807, 2.05) is 13.8 Å². The third-order valence-corrected chi connectivity index (χ3v) is 2.18. The first-order valence-corrected chi connectivity index (χ1v) is 4.39. The second kappa shape index (κ2) is 4.01. The van der Waals surface area contributed by atoms with Crippen molar-refractivity contribution in [3.05, 3.63) is 0 Å². The summed E-state index contributed by atoms with van der Waals surface area (Å²) in [6, 6.07) is 0. The van der Waals surface area contributed by atoms with Crippen molar-refractivity contribution in [2.24, 2.45) is 5.92 Å². The van der Waals surface area contributed by atoms with Crippen molar-refractivity contribution in [2.75, 3.05) is 13.2 Å². The van der Waals surface area contributed by atoms with E-state index in [0.29, 0.717) is 13.2 Å². The lowest BCUT2D eigenvalue weighted by Crippen LogP contribution is -2.26. The maximum Gasteiger partial charge on any atom is 0.165 e. The Bertz CT molecular complexity index is 150. The van der Waals surface area contributed by atoms with Crippen LogP contribution in [0.1, 0.15) is 26.7 Å². The highest BCUT2D eigenvalue weighted by molar-refractivity contribution is 5.52. The van der Waals surface area contributed by atoms with E-state index in [2.05, 4.69) is 0 Å². The predicted molar refractivity (Wildman–Crippen MR) is 44.8 cm³/mol. The smallest absolute Gasteiger partial charge is 0.165 e. The van der Waals surface area contributed by atoms with Gasteiger partial charge in [-0.05, 0) is 13.3 Å². The van der Waals surface area contributed by atoms with E-state index < -0.39 is 5.79 Å². The van der Waals surface area contributed by atoms with Crippen LogP contribution in [0.25, 0.3) is 0 Å². The molecule has 1 atom stereocenters. The highest BCUT2D eigenvalue weighted by Gasteiger charge is 2.30. The first kappa shape index (κ1) is 9.68. The van der Waals surface area contributed by atoms with E-state index in [1.54, 1.807) is 0 Å². The number of ether oxygens (including phenoxy) is 2. The van der Waals surface area contributed by atoms with Gasteiger partial charge in [-0.25, -0.2) is 0 Å². The van der Waals surface area contributed by atoms with Gasteiger partial charge in [0.05, 0.1) is 13.2 Å². The molecule has 12 heavy (non-hydrogen) atoms. The first-order chi connectivity index (χ1) is 5.66. The van der Waals surface area contributed by atoms with Crippen molar-refractivity contribution in [2.45, 2.75) is 32.5 Å². The van der Waals surface area contributed by atoms with Crippen LogP contribution in [0, 0.1) is 5.92 Å². The lowest BCUT2D eigenvalue weighted by atomic mass is 10.0. The van der Waals surface area contributed by atoms with Crippen LogP contribution in [-0.4, -0.2) is 25.3 Å². The predicted octanol–water partition coefficient (Wildman–Crippen LogP) is 1.36. The van der Waals surface area contributed by atoms with Crippen LogP contribution in [0.4, 0.5) is 0 Å². The molecule has 1 unspecified atom stereocenters. The van der Waals surface area contributed by atoms with Gasteiger partial charge in [-0.15, -0.1) is 0 Å². The zero-order valence-electron chi connectivity index (χ0n) is 7.71. The third kappa shape index (κ3) is 2.57. The van der Waals surface area contributed by atoms with Gasteiger partial charge < -0.3 is 14.3 Å². The van der Waals surface area contributed by atoms with Crippen LogP contribution in [0.3, 0.4) is 0 Å².